The number of benzene rings is 1. The maximum absolute atomic E-state index is 12.7. The van der Waals surface area contributed by atoms with Crippen LogP contribution >= 0.6 is 0 Å². The summed E-state index contributed by atoms with van der Waals surface area (Å²) in [6.45, 7) is 17.6. The van der Waals surface area contributed by atoms with Gasteiger partial charge in [0, 0.05) is 17.0 Å². The molecule has 1 aromatic carbocycles. The minimum absolute atomic E-state index is 0.0124. The van der Waals surface area contributed by atoms with E-state index in [1.807, 2.05) is 80.5 Å². The average Bonchev–Trinajstić information content (AvgIpc) is 3.03. The van der Waals surface area contributed by atoms with Gasteiger partial charge in [-0.3, -0.25) is 4.57 Å². The van der Waals surface area contributed by atoms with Crippen LogP contribution in [0.1, 0.15) is 62.3 Å². The molecule has 1 aliphatic heterocycles. The van der Waals surface area contributed by atoms with Gasteiger partial charge in [0.05, 0.1) is 22.8 Å². The van der Waals surface area contributed by atoms with E-state index in [9.17, 15) is 4.79 Å². The SMILES string of the molecule is CC(C)Oc1ccc2c(ccn2C(=O)OC(C)(C)C)c1B1OC(C)(C)C(C)(C)O1. The van der Waals surface area contributed by atoms with Crippen LogP contribution in [0.25, 0.3) is 10.9 Å². The lowest BCUT2D eigenvalue weighted by molar-refractivity contribution is 0.00578. The van der Waals surface area contributed by atoms with Crippen molar-refractivity contribution in [3.8, 4) is 5.75 Å². The summed E-state index contributed by atoms with van der Waals surface area (Å²) in [5, 5.41) is 0.840. The number of aromatic nitrogens is 1. The lowest BCUT2D eigenvalue weighted by Gasteiger charge is -2.32. The van der Waals surface area contributed by atoms with Crippen molar-refractivity contribution in [3.05, 3.63) is 24.4 Å². The molecule has 1 aliphatic rings. The molecule has 0 unspecified atom stereocenters. The number of carbonyl (C=O) groups excluding carboxylic acids is 1. The van der Waals surface area contributed by atoms with Crippen molar-refractivity contribution >= 4 is 29.6 Å². The van der Waals surface area contributed by atoms with Gasteiger partial charge in [0.1, 0.15) is 11.4 Å². The van der Waals surface area contributed by atoms with E-state index in [4.69, 9.17) is 18.8 Å². The van der Waals surface area contributed by atoms with Gasteiger partial charge in [0.25, 0.3) is 0 Å². The van der Waals surface area contributed by atoms with E-state index in [0.717, 1.165) is 16.4 Å². The second kappa shape index (κ2) is 7.06. The van der Waals surface area contributed by atoms with Gasteiger partial charge in [-0.25, -0.2) is 4.79 Å². The van der Waals surface area contributed by atoms with E-state index in [0.29, 0.717) is 5.75 Å². The van der Waals surface area contributed by atoms with Gasteiger partial charge in [0.2, 0.25) is 0 Å². The van der Waals surface area contributed by atoms with Gasteiger partial charge in [-0.1, -0.05) is 0 Å². The summed E-state index contributed by atoms with van der Waals surface area (Å²) in [6.07, 6.45) is 1.28. The van der Waals surface area contributed by atoms with Crippen LogP contribution in [0.4, 0.5) is 4.79 Å². The second-order valence-electron chi connectivity index (χ2n) is 9.83. The van der Waals surface area contributed by atoms with Gasteiger partial charge in [-0.15, -0.1) is 0 Å². The predicted molar refractivity (Wildman–Crippen MR) is 115 cm³/mol. The largest absolute Gasteiger partial charge is 0.499 e. The molecule has 0 radical (unpaired) electrons. The zero-order valence-electron chi connectivity index (χ0n) is 19.0. The number of carbonyl (C=O) groups is 1. The molecule has 29 heavy (non-hydrogen) atoms. The van der Waals surface area contributed by atoms with Crippen LogP contribution in [0.3, 0.4) is 0 Å². The Morgan fingerprint density at radius 2 is 1.66 bits per heavy atom. The van der Waals surface area contributed by atoms with Crippen molar-refractivity contribution in [2.45, 2.75) is 85.2 Å². The Morgan fingerprint density at radius 1 is 1.07 bits per heavy atom. The van der Waals surface area contributed by atoms with E-state index in [-0.39, 0.29) is 6.10 Å². The Kier molecular flexibility index (Phi) is 5.29. The fraction of sp³-hybridized carbons (Fsp3) is 0.591. The van der Waals surface area contributed by atoms with E-state index < -0.39 is 30.0 Å². The molecule has 1 fully saturated rings. The number of rotatable bonds is 3. The maximum Gasteiger partial charge on any atom is 0.499 e. The molecule has 2 aromatic rings. The summed E-state index contributed by atoms with van der Waals surface area (Å²) in [7, 11) is -0.605. The molecule has 0 amide bonds. The van der Waals surface area contributed by atoms with Crippen molar-refractivity contribution < 1.29 is 23.6 Å². The fourth-order valence-corrected chi connectivity index (χ4v) is 3.25. The molecule has 7 heteroatoms. The summed E-state index contributed by atoms with van der Waals surface area (Å²) in [5.41, 5.74) is -0.0360. The van der Waals surface area contributed by atoms with Gasteiger partial charge in [-0.05, 0) is 80.5 Å². The van der Waals surface area contributed by atoms with Crippen molar-refractivity contribution in [3.63, 3.8) is 0 Å². The first-order valence-electron chi connectivity index (χ1n) is 10.1. The third-order valence-corrected chi connectivity index (χ3v) is 5.32. The first kappa shape index (κ1) is 21.7. The average molecular weight is 401 g/mol. The topological polar surface area (TPSA) is 58.9 Å². The highest BCUT2D eigenvalue weighted by Crippen LogP contribution is 2.38. The van der Waals surface area contributed by atoms with Gasteiger partial charge < -0.3 is 18.8 Å². The van der Waals surface area contributed by atoms with Crippen LogP contribution in [-0.4, -0.2) is 40.7 Å². The van der Waals surface area contributed by atoms with E-state index >= 15 is 0 Å². The molecule has 1 saturated heterocycles. The predicted octanol–water partition coefficient (Wildman–Crippen LogP) is 4.51. The lowest BCUT2D eigenvalue weighted by Crippen LogP contribution is -2.41. The van der Waals surface area contributed by atoms with Gasteiger partial charge in [0.15, 0.2) is 0 Å². The van der Waals surface area contributed by atoms with E-state index in [2.05, 4.69) is 0 Å². The van der Waals surface area contributed by atoms with Crippen LogP contribution < -0.4 is 10.2 Å². The third kappa shape index (κ3) is 4.17. The fourth-order valence-electron chi connectivity index (χ4n) is 3.25. The van der Waals surface area contributed by atoms with Gasteiger partial charge in [-0.2, -0.15) is 0 Å². The molecule has 0 aliphatic carbocycles. The molecule has 158 valence electrons. The van der Waals surface area contributed by atoms with Gasteiger partial charge >= 0.3 is 13.2 Å². The molecule has 3 rings (SSSR count). The Balaban J connectivity index is 2.12. The Bertz CT molecular complexity index is 907. The standard InChI is InChI=1S/C22H32BNO5/c1-14(2)26-17-11-10-16-15(12-13-24(16)19(25)27-20(3,4)5)18(17)23-28-21(6,7)22(8,9)29-23/h10-14H,1-9H3. The molecular formula is C22H32BNO5. The molecule has 0 bridgehead atoms. The second-order valence-corrected chi connectivity index (χ2v) is 9.83. The Morgan fingerprint density at radius 3 is 2.17 bits per heavy atom. The highest BCUT2D eigenvalue weighted by atomic mass is 16.7. The van der Waals surface area contributed by atoms with Crippen LogP contribution in [0.15, 0.2) is 24.4 Å². The van der Waals surface area contributed by atoms with Crippen molar-refractivity contribution in [2.75, 3.05) is 0 Å². The summed E-state index contributed by atoms with van der Waals surface area (Å²) < 4.78 is 25.7. The maximum atomic E-state index is 12.7. The first-order valence-corrected chi connectivity index (χ1v) is 10.1. The normalized spacial score (nSPS) is 18.5. The van der Waals surface area contributed by atoms with Crippen LogP contribution in [0.2, 0.25) is 0 Å². The van der Waals surface area contributed by atoms with Crippen LogP contribution in [0.5, 0.6) is 5.75 Å². The molecule has 1 aromatic heterocycles. The molecule has 0 atom stereocenters. The summed E-state index contributed by atoms with van der Waals surface area (Å²) >= 11 is 0. The van der Waals surface area contributed by atoms with Crippen molar-refractivity contribution in [1.82, 2.24) is 4.57 Å². The third-order valence-electron chi connectivity index (χ3n) is 5.32. The first-order chi connectivity index (χ1) is 13.2. The zero-order valence-corrected chi connectivity index (χ0v) is 19.0. The summed E-state index contributed by atoms with van der Waals surface area (Å²) in [6, 6.07) is 5.61. The highest BCUT2D eigenvalue weighted by molar-refractivity contribution is 6.66. The minimum atomic E-state index is -0.605. The van der Waals surface area contributed by atoms with Crippen molar-refractivity contribution in [1.29, 1.82) is 0 Å². The Labute approximate surface area is 173 Å². The van der Waals surface area contributed by atoms with E-state index in [1.165, 1.54) is 4.57 Å². The quantitative estimate of drug-likeness (QED) is 0.709. The summed E-state index contributed by atoms with van der Waals surface area (Å²) in [5.74, 6) is 0.688. The Hall–Kier alpha value is -1.99. The zero-order chi connectivity index (χ0) is 21.8. The van der Waals surface area contributed by atoms with Crippen molar-refractivity contribution in [2.24, 2.45) is 0 Å². The lowest BCUT2D eigenvalue weighted by atomic mass is 9.76. The molecule has 0 saturated carbocycles. The van der Waals surface area contributed by atoms with Crippen LogP contribution in [0, 0.1) is 0 Å². The van der Waals surface area contributed by atoms with Crippen LogP contribution in [-0.2, 0) is 14.0 Å². The molecule has 0 N–H and O–H groups in total. The smallest absolute Gasteiger partial charge is 0.491 e. The number of fused-ring (bicyclic) bond motifs is 1. The number of ether oxygens (including phenoxy) is 2. The number of nitrogens with zero attached hydrogens (tertiary/aromatic N) is 1. The molecule has 0 spiro atoms. The monoisotopic (exact) mass is 401 g/mol. The number of hydrogen-bond acceptors (Lipinski definition) is 5. The number of hydrogen-bond donors (Lipinski definition) is 0. The minimum Gasteiger partial charge on any atom is -0.491 e. The molecule has 6 nitrogen and oxygen atoms in total. The van der Waals surface area contributed by atoms with E-state index in [1.54, 1.807) is 6.20 Å². The molecule has 2 heterocycles. The highest BCUT2D eigenvalue weighted by Gasteiger charge is 2.53. The summed E-state index contributed by atoms with van der Waals surface area (Å²) in [4.78, 5) is 12.7. The molecular weight excluding hydrogens is 369 g/mol.